The van der Waals surface area contributed by atoms with Crippen LogP contribution in [0.2, 0.25) is 0 Å². The number of thiophene rings is 1. The molecule has 1 aliphatic carbocycles. The zero-order valence-electron chi connectivity index (χ0n) is 11.5. The van der Waals surface area contributed by atoms with Crippen LogP contribution in [0, 0.1) is 0 Å². The lowest BCUT2D eigenvalue weighted by Crippen LogP contribution is -2.37. The Kier molecular flexibility index (Phi) is 4.96. The van der Waals surface area contributed by atoms with Gasteiger partial charge in [-0.2, -0.15) is 0 Å². The van der Waals surface area contributed by atoms with E-state index in [4.69, 9.17) is 0 Å². The molecule has 1 fully saturated rings. The number of piperidine rings is 1. The number of likely N-dealkylation sites (tertiary alicyclic amines) is 1. The molecule has 0 spiro atoms. The smallest absolute Gasteiger partial charge is 0.0704 e. The molecule has 1 aromatic heterocycles. The molecule has 1 unspecified atom stereocenters. The minimum absolute atomic E-state index is 0.594. The van der Waals surface area contributed by atoms with Gasteiger partial charge in [-0.15, -0.1) is 11.3 Å². The normalized spacial score (nSPS) is 24.4. The van der Waals surface area contributed by atoms with Crippen LogP contribution in [0.3, 0.4) is 0 Å². The predicted molar refractivity (Wildman–Crippen MR) is 86.0 cm³/mol. The van der Waals surface area contributed by atoms with Crippen LogP contribution in [0.15, 0.2) is 9.85 Å². The molecule has 0 amide bonds. The van der Waals surface area contributed by atoms with E-state index in [9.17, 15) is 0 Å². The van der Waals surface area contributed by atoms with Crippen LogP contribution in [-0.4, -0.2) is 31.1 Å². The Labute approximate surface area is 128 Å². The predicted octanol–water partition coefficient (Wildman–Crippen LogP) is 3.96. The first-order valence-electron chi connectivity index (χ1n) is 7.57. The minimum Gasteiger partial charge on any atom is -0.309 e. The molecule has 1 aromatic rings. The summed E-state index contributed by atoms with van der Waals surface area (Å²) in [5.74, 6) is 0. The SMILES string of the molecule is Brc1cc2c(s1)CCCC2NCCN1CCCCC1. The van der Waals surface area contributed by atoms with Gasteiger partial charge in [0.15, 0.2) is 0 Å². The number of aryl methyl sites for hydroxylation is 1. The summed E-state index contributed by atoms with van der Waals surface area (Å²) in [6, 6.07) is 2.92. The van der Waals surface area contributed by atoms with Crippen molar-refractivity contribution in [1.82, 2.24) is 10.2 Å². The van der Waals surface area contributed by atoms with E-state index < -0.39 is 0 Å². The van der Waals surface area contributed by atoms with E-state index in [-0.39, 0.29) is 0 Å². The molecule has 0 bridgehead atoms. The fraction of sp³-hybridized carbons (Fsp3) is 0.733. The van der Waals surface area contributed by atoms with Gasteiger partial charge in [-0.05, 0) is 72.8 Å². The molecule has 1 atom stereocenters. The quantitative estimate of drug-likeness (QED) is 0.890. The molecular weight excluding hydrogens is 320 g/mol. The van der Waals surface area contributed by atoms with Gasteiger partial charge in [-0.1, -0.05) is 6.42 Å². The van der Waals surface area contributed by atoms with Crippen molar-refractivity contribution in [2.24, 2.45) is 0 Å². The summed E-state index contributed by atoms with van der Waals surface area (Å²) in [7, 11) is 0. The van der Waals surface area contributed by atoms with Gasteiger partial charge in [0, 0.05) is 24.0 Å². The van der Waals surface area contributed by atoms with Crippen LogP contribution in [0.1, 0.15) is 48.6 Å². The fourth-order valence-corrected chi connectivity index (χ4v) is 5.13. The summed E-state index contributed by atoms with van der Waals surface area (Å²) in [5.41, 5.74) is 1.56. The summed E-state index contributed by atoms with van der Waals surface area (Å²) in [4.78, 5) is 4.21. The minimum atomic E-state index is 0.594. The molecule has 1 N–H and O–H groups in total. The van der Waals surface area contributed by atoms with E-state index in [1.165, 1.54) is 61.9 Å². The average Bonchev–Trinajstić information content (AvgIpc) is 2.81. The molecule has 0 aromatic carbocycles. The Bertz CT molecular complexity index is 412. The Morgan fingerprint density at radius 2 is 2.11 bits per heavy atom. The van der Waals surface area contributed by atoms with Gasteiger partial charge < -0.3 is 10.2 Å². The number of hydrogen-bond acceptors (Lipinski definition) is 3. The summed E-state index contributed by atoms with van der Waals surface area (Å²) < 4.78 is 1.29. The standard InChI is InChI=1S/C15H23BrN2S/c16-15-11-12-13(5-4-6-14(12)19-15)17-7-10-18-8-2-1-3-9-18/h11,13,17H,1-10H2. The Morgan fingerprint density at radius 3 is 2.95 bits per heavy atom. The van der Waals surface area contributed by atoms with Gasteiger partial charge in [0.2, 0.25) is 0 Å². The summed E-state index contributed by atoms with van der Waals surface area (Å²) in [6.07, 6.45) is 8.13. The van der Waals surface area contributed by atoms with E-state index in [2.05, 4.69) is 32.2 Å². The second-order valence-corrected chi connectivity index (χ2v) is 8.25. The van der Waals surface area contributed by atoms with Gasteiger partial charge in [-0.25, -0.2) is 0 Å². The average molecular weight is 343 g/mol. The lowest BCUT2D eigenvalue weighted by Gasteiger charge is -2.28. The molecule has 2 nitrogen and oxygen atoms in total. The highest BCUT2D eigenvalue weighted by molar-refractivity contribution is 9.11. The molecule has 19 heavy (non-hydrogen) atoms. The molecule has 0 radical (unpaired) electrons. The number of hydrogen-bond donors (Lipinski definition) is 1. The van der Waals surface area contributed by atoms with Crippen molar-refractivity contribution < 1.29 is 0 Å². The van der Waals surface area contributed by atoms with Gasteiger partial charge >= 0.3 is 0 Å². The van der Waals surface area contributed by atoms with Gasteiger partial charge in [-0.3, -0.25) is 0 Å². The molecule has 106 valence electrons. The number of nitrogens with one attached hydrogen (secondary N) is 1. The van der Waals surface area contributed by atoms with Crippen LogP contribution in [-0.2, 0) is 6.42 Å². The third kappa shape index (κ3) is 3.60. The summed E-state index contributed by atoms with van der Waals surface area (Å²) in [5, 5.41) is 3.78. The van der Waals surface area contributed by atoms with Crippen molar-refractivity contribution in [1.29, 1.82) is 0 Å². The maximum atomic E-state index is 3.78. The van der Waals surface area contributed by atoms with E-state index in [0.29, 0.717) is 6.04 Å². The third-order valence-corrected chi connectivity index (χ3v) is 6.06. The van der Waals surface area contributed by atoms with Crippen molar-refractivity contribution >= 4 is 27.3 Å². The molecule has 0 saturated carbocycles. The zero-order valence-corrected chi connectivity index (χ0v) is 13.9. The van der Waals surface area contributed by atoms with E-state index in [0.717, 1.165) is 6.54 Å². The second kappa shape index (κ2) is 6.70. The van der Waals surface area contributed by atoms with E-state index in [1.807, 2.05) is 11.3 Å². The highest BCUT2D eigenvalue weighted by Gasteiger charge is 2.22. The molecule has 4 heteroatoms. The molecule has 2 heterocycles. The van der Waals surface area contributed by atoms with Crippen molar-refractivity contribution in [2.75, 3.05) is 26.2 Å². The zero-order chi connectivity index (χ0) is 13.1. The van der Waals surface area contributed by atoms with E-state index >= 15 is 0 Å². The lowest BCUT2D eigenvalue weighted by molar-refractivity contribution is 0.225. The molecule has 2 aliphatic rings. The first-order valence-corrected chi connectivity index (χ1v) is 9.18. The highest BCUT2D eigenvalue weighted by atomic mass is 79.9. The van der Waals surface area contributed by atoms with Gasteiger partial charge in [0.25, 0.3) is 0 Å². The molecule has 1 saturated heterocycles. The Balaban J connectivity index is 1.50. The van der Waals surface area contributed by atoms with Crippen LogP contribution in [0.4, 0.5) is 0 Å². The van der Waals surface area contributed by atoms with Crippen molar-refractivity contribution in [3.05, 3.63) is 20.3 Å². The number of rotatable bonds is 4. The van der Waals surface area contributed by atoms with Crippen molar-refractivity contribution in [3.63, 3.8) is 0 Å². The Hall–Kier alpha value is 0.1000. The first-order chi connectivity index (χ1) is 9.33. The topological polar surface area (TPSA) is 15.3 Å². The van der Waals surface area contributed by atoms with Gasteiger partial charge in [0.05, 0.1) is 3.79 Å². The third-order valence-electron chi connectivity index (χ3n) is 4.35. The van der Waals surface area contributed by atoms with Crippen molar-refractivity contribution in [2.45, 2.75) is 44.6 Å². The monoisotopic (exact) mass is 342 g/mol. The van der Waals surface area contributed by atoms with Crippen LogP contribution < -0.4 is 5.32 Å². The van der Waals surface area contributed by atoms with Crippen LogP contribution in [0.5, 0.6) is 0 Å². The number of fused-ring (bicyclic) bond motifs is 1. The number of nitrogens with zero attached hydrogens (tertiary/aromatic N) is 1. The molecule has 3 rings (SSSR count). The lowest BCUT2D eigenvalue weighted by atomic mass is 9.94. The maximum Gasteiger partial charge on any atom is 0.0704 e. The van der Waals surface area contributed by atoms with Gasteiger partial charge in [0.1, 0.15) is 0 Å². The van der Waals surface area contributed by atoms with E-state index in [1.54, 1.807) is 10.4 Å². The number of halogens is 1. The molecular formula is C15H23BrN2S. The molecule has 1 aliphatic heterocycles. The Morgan fingerprint density at radius 1 is 1.26 bits per heavy atom. The van der Waals surface area contributed by atoms with Crippen LogP contribution >= 0.6 is 27.3 Å². The summed E-state index contributed by atoms with van der Waals surface area (Å²) >= 11 is 5.55. The fourth-order valence-electron chi connectivity index (χ4n) is 3.31. The van der Waals surface area contributed by atoms with Crippen molar-refractivity contribution in [3.8, 4) is 0 Å². The maximum absolute atomic E-state index is 3.78. The summed E-state index contributed by atoms with van der Waals surface area (Å²) in [6.45, 7) is 4.97. The van der Waals surface area contributed by atoms with Crippen LogP contribution in [0.25, 0.3) is 0 Å². The second-order valence-electron chi connectivity index (χ2n) is 5.73. The highest BCUT2D eigenvalue weighted by Crippen LogP contribution is 2.37. The largest absolute Gasteiger partial charge is 0.309 e. The first kappa shape index (κ1) is 14.1.